The Balaban J connectivity index is 1.43. The summed E-state index contributed by atoms with van der Waals surface area (Å²) in [6.07, 6.45) is 1.75. The van der Waals surface area contributed by atoms with Crippen LogP contribution in [-0.4, -0.2) is 42.1 Å². The number of amides is 2. The maximum absolute atomic E-state index is 13.3. The molecule has 0 atom stereocenters. The Hall–Kier alpha value is -2.93. The van der Waals surface area contributed by atoms with E-state index in [-0.39, 0.29) is 11.7 Å². The first-order chi connectivity index (χ1) is 13.5. The van der Waals surface area contributed by atoms with Crippen molar-refractivity contribution in [1.82, 2.24) is 9.88 Å². The molecule has 8 heteroatoms. The maximum atomic E-state index is 13.3. The highest BCUT2D eigenvalue weighted by Gasteiger charge is 2.22. The molecule has 1 saturated heterocycles. The number of carbonyl (C=O) groups excluding carboxylic acids is 1. The van der Waals surface area contributed by atoms with Crippen molar-refractivity contribution in [2.24, 2.45) is 0 Å². The number of halogens is 3. The molecule has 4 rings (SSSR count). The second-order valence-electron chi connectivity index (χ2n) is 6.52. The smallest absolute Gasteiger partial charge is 0.321 e. The van der Waals surface area contributed by atoms with Crippen LogP contribution in [0.4, 0.5) is 25.0 Å². The van der Waals surface area contributed by atoms with E-state index in [0.29, 0.717) is 31.2 Å². The van der Waals surface area contributed by atoms with Gasteiger partial charge in [0.1, 0.15) is 0 Å². The first kappa shape index (κ1) is 18.4. The number of nitrogens with one attached hydrogen (secondary N) is 1. The summed E-state index contributed by atoms with van der Waals surface area (Å²) >= 11 is 6.05. The van der Waals surface area contributed by atoms with Gasteiger partial charge in [-0.25, -0.2) is 13.6 Å². The predicted octanol–water partition coefficient (Wildman–Crippen LogP) is 4.52. The molecule has 0 unspecified atom stereocenters. The van der Waals surface area contributed by atoms with Crippen LogP contribution in [0.15, 0.2) is 48.7 Å². The minimum absolute atomic E-state index is 0.225. The fraction of sp³-hybridized carbons (Fsp3) is 0.200. The first-order valence-corrected chi connectivity index (χ1v) is 9.19. The molecular weight excluding hydrogens is 386 g/mol. The lowest BCUT2D eigenvalue weighted by Crippen LogP contribution is -2.50. The van der Waals surface area contributed by atoms with Gasteiger partial charge >= 0.3 is 6.03 Å². The van der Waals surface area contributed by atoms with E-state index in [0.717, 1.165) is 28.7 Å². The van der Waals surface area contributed by atoms with Crippen LogP contribution < -0.4 is 10.2 Å². The molecule has 0 aliphatic carbocycles. The quantitative estimate of drug-likeness (QED) is 0.685. The summed E-state index contributed by atoms with van der Waals surface area (Å²) in [6.45, 7) is 2.31. The van der Waals surface area contributed by atoms with Crippen LogP contribution in [0.25, 0.3) is 10.9 Å². The number of pyridine rings is 1. The molecule has 2 heterocycles. The second-order valence-corrected chi connectivity index (χ2v) is 6.96. The van der Waals surface area contributed by atoms with E-state index in [1.807, 2.05) is 24.3 Å². The number of piperazine rings is 1. The highest BCUT2D eigenvalue weighted by Crippen LogP contribution is 2.28. The average molecular weight is 403 g/mol. The third kappa shape index (κ3) is 3.71. The summed E-state index contributed by atoms with van der Waals surface area (Å²) in [5.74, 6) is -1.94. The van der Waals surface area contributed by atoms with Crippen molar-refractivity contribution in [3.8, 4) is 0 Å². The van der Waals surface area contributed by atoms with E-state index in [4.69, 9.17) is 11.6 Å². The molecule has 0 bridgehead atoms. The van der Waals surface area contributed by atoms with Crippen LogP contribution in [-0.2, 0) is 0 Å². The molecule has 2 amide bonds. The Kier molecular flexibility index (Phi) is 5.00. The number of nitrogens with zero attached hydrogens (tertiary/aromatic N) is 3. The topological polar surface area (TPSA) is 48.5 Å². The highest BCUT2D eigenvalue weighted by atomic mass is 35.5. The zero-order valence-corrected chi connectivity index (χ0v) is 15.6. The third-order valence-corrected chi connectivity index (χ3v) is 5.00. The Morgan fingerprint density at radius 2 is 1.79 bits per heavy atom. The minimum atomic E-state index is -0.993. The number of carbonyl (C=O) groups is 1. The summed E-state index contributed by atoms with van der Waals surface area (Å²) in [7, 11) is 0. The van der Waals surface area contributed by atoms with Gasteiger partial charge in [-0.1, -0.05) is 11.6 Å². The summed E-state index contributed by atoms with van der Waals surface area (Å²) < 4.78 is 26.3. The fourth-order valence-corrected chi connectivity index (χ4v) is 3.48. The van der Waals surface area contributed by atoms with Crippen molar-refractivity contribution in [3.05, 3.63) is 65.3 Å². The van der Waals surface area contributed by atoms with Gasteiger partial charge in [-0.05, 0) is 36.4 Å². The molecule has 0 saturated carbocycles. The molecule has 5 nitrogen and oxygen atoms in total. The largest absolute Gasteiger partial charge is 0.367 e. The monoisotopic (exact) mass is 402 g/mol. The van der Waals surface area contributed by atoms with Gasteiger partial charge in [0.15, 0.2) is 11.6 Å². The number of urea groups is 1. The molecule has 0 radical (unpaired) electrons. The number of benzene rings is 2. The van der Waals surface area contributed by atoms with Gasteiger partial charge in [-0.3, -0.25) is 4.98 Å². The molecule has 144 valence electrons. The third-order valence-electron chi connectivity index (χ3n) is 4.76. The molecule has 0 spiro atoms. The molecule has 1 fully saturated rings. The Morgan fingerprint density at radius 3 is 2.54 bits per heavy atom. The van der Waals surface area contributed by atoms with E-state index in [2.05, 4.69) is 15.2 Å². The van der Waals surface area contributed by atoms with E-state index >= 15 is 0 Å². The van der Waals surface area contributed by atoms with Crippen molar-refractivity contribution >= 4 is 39.9 Å². The lowest BCUT2D eigenvalue weighted by molar-refractivity contribution is 0.208. The Labute approximate surface area is 165 Å². The number of anilines is 2. The molecule has 1 aromatic heterocycles. The average Bonchev–Trinajstić information content (AvgIpc) is 2.70. The van der Waals surface area contributed by atoms with Crippen LogP contribution in [0, 0.1) is 11.6 Å². The van der Waals surface area contributed by atoms with Gasteiger partial charge in [0.2, 0.25) is 0 Å². The van der Waals surface area contributed by atoms with Crippen molar-refractivity contribution in [3.63, 3.8) is 0 Å². The number of fused-ring (bicyclic) bond motifs is 1. The second kappa shape index (κ2) is 7.59. The van der Waals surface area contributed by atoms with Crippen LogP contribution in [0.5, 0.6) is 0 Å². The summed E-state index contributed by atoms with van der Waals surface area (Å²) in [6, 6.07) is 10.5. The molecule has 2 aromatic carbocycles. The summed E-state index contributed by atoms with van der Waals surface area (Å²) in [5.41, 5.74) is 2.09. The number of rotatable bonds is 2. The molecule has 3 aromatic rings. The molecule has 28 heavy (non-hydrogen) atoms. The number of hydrogen-bond acceptors (Lipinski definition) is 3. The number of aromatic nitrogens is 1. The molecule has 1 aliphatic heterocycles. The van der Waals surface area contributed by atoms with Gasteiger partial charge in [-0.2, -0.15) is 0 Å². The van der Waals surface area contributed by atoms with E-state index in [1.165, 1.54) is 6.07 Å². The molecular formula is C20H17ClF2N4O. The van der Waals surface area contributed by atoms with Crippen LogP contribution in [0.3, 0.4) is 0 Å². The molecule has 1 aliphatic rings. The Bertz CT molecular complexity index is 1040. The van der Waals surface area contributed by atoms with E-state index in [1.54, 1.807) is 11.1 Å². The van der Waals surface area contributed by atoms with E-state index < -0.39 is 11.6 Å². The molecule has 1 N–H and O–H groups in total. The van der Waals surface area contributed by atoms with Crippen molar-refractivity contribution in [2.75, 3.05) is 36.4 Å². The van der Waals surface area contributed by atoms with Gasteiger partial charge in [0.25, 0.3) is 0 Å². The fourth-order valence-electron chi connectivity index (χ4n) is 3.31. The standard InChI is InChI=1S/C20H17ClF2N4O/c21-13-1-3-15-18(11-13)24-6-5-19(15)26-7-9-27(10-8-26)20(28)25-14-2-4-16(22)17(23)12-14/h1-6,11-12H,7-10H2,(H,25,28). The number of hydrogen-bond donors (Lipinski definition) is 1. The normalized spacial score (nSPS) is 14.4. The minimum Gasteiger partial charge on any atom is -0.367 e. The zero-order chi connectivity index (χ0) is 19.7. The van der Waals surface area contributed by atoms with Crippen LogP contribution in [0.2, 0.25) is 5.02 Å². The maximum Gasteiger partial charge on any atom is 0.321 e. The van der Waals surface area contributed by atoms with Crippen molar-refractivity contribution in [2.45, 2.75) is 0 Å². The summed E-state index contributed by atoms with van der Waals surface area (Å²) in [5, 5.41) is 4.25. The zero-order valence-electron chi connectivity index (χ0n) is 14.8. The SMILES string of the molecule is O=C(Nc1ccc(F)c(F)c1)N1CCN(c2ccnc3cc(Cl)ccc23)CC1. The van der Waals surface area contributed by atoms with Gasteiger partial charge < -0.3 is 15.1 Å². The van der Waals surface area contributed by atoms with Crippen LogP contribution >= 0.6 is 11.6 Å². The van der Waals surface area contributed by atoms with Gasteiger partial charge in [0.05, 0.1) is 5.52 Å². The summed E-state index contributed by atoms with van der Waals surface area (Å²) in [4.78, 5) is 20.6. The predicted molar refractivity (Wildman–Crippen MR) is 106 cm³/mol. The van der Waals surface area contributed by atoms with Crippen molar-refractivity contribution in [1.29, 1.82) is 0 Å². The van der Waals surface area contributed by atoms with Gasteiger partial charge in [-0.15, -0.1) is 0 Å². The van der Waals surface area contributed by atoms with Crippen LogP contribution in [0.1, 0.15) is 0 Å². The lowest BCUT2D eigenvalue weighted by atomic mass is 10.1. The lowest BCUT2D eigenvalue weighted by Gasteiger charge is -2.36. The van der Waals surface area contributed by atoms with Gasteiger partial charge in [0, 0.05) is 60.2 Å². The Morgan fingerprint density at radius 1 is 1.00 bits per heavy atom. The van der Waals surface area contributed by atoms with Crippen molar-refractivity contribution < 1.29 is 13.6 Å². The first-order valence-electron chi connectivity index (χ1n) is 8.81. The van der Waals surface area contributed by atoms with E-state index in [9.17, 15) is 13.6 Å². The highest BCUT2D eigenvalue weighted by molar-refractivity contribution is 6.31.